The maximum atomic E-state index is 13.6. The molecular weight excluding hydrogens is 564 g/mol. The number of nitrogens with zero attached hydrogens (tertiary/aromatic N) is 2. The van der Waals surface area contributed by atoms with Crippen molar-refractivity contribution >= 4 is 55.7 Å². The van der Waals surface area contributed by atoms with Crippen LogP contribution >= 0.6 is 22.9 Å². The largest absolute Gasteiger partial charge is 0.507 e. The van der Waals surface area contributed by atoms with Crippen molar-refractivity contribution in [2.45, 2.75) is 32.2 Å². The summed E-state index contributed by atoms with van der Waals surface area (Å²) >= 11 is 7.45. The minimum absolute atomic E-state index is 0.0490. The lowest BCUT2D eigenvalue weighted by atomic mass is 9.95. The van der Waals surface area contributed by atoms with Gasteiger partial charge in [-0.1, -0.05) is 54.8 Å². The van der Waals surface area contributed by atoms with Gasteiger partial charge in [-0.25, -0.2) is 4.98 Å². The quantitative estimate of drug-likeness (QED) is 0.103. The number of ketones is 1. The molecule has 2 aliphatic heterocycles. The number of benzene rings is 3. The minimum atomic E-state index is -0.946. The number of hydrogen-bond donors (Lipinski definition) is 1. The molecule has 1 fully saturated rings. The van der Waals surface area contributed by atoms with Gasteiger partial charge in [0.1, 0.15) is 24.7 Å². The molecule has 3 heterocycles. The third-order valence-electron chi connectivity index (χ3n) is 7.00. The molecule has 4 aromatic rings. The molecule has 0 saturated carbocycles. The second-order valence-electron chi connectivity index (χ2n) is 9.76. The third-order valence-corrected chi connectivity index (χ3v) is 8.25. The summed E-state index contributed by atoms with van der Waals surface area (Å²) in [4.78, 5) is 33.3. The molecule has 0 unspecified atom stereocenters. The van der Waals surface area contributed by atoms with E-state index in [-0.39, 0.29) is 11.3 Å². The summed E-state index contributed by atoms with van der Waals surface area (Å²) in [5.74, 6) is -0.296. The fourth-order valence-corrected chi connectivity index (χ4v) is 6.27. The molecule has 1 saturated heterocycles. The Hall–Kier alpha value is -4.08. The van der Waals surface area contributed by atoms with E-state index in [2.05, 4.69) is 11.9 Å². The highest BCUT2D eigenvalue weighted by Gasteiger charge is 2.48. The zero-order valence-corrected chi connectivity index (χ0v) is 23.8. The Balaban J connectivity index is 1.48. The minimum Gasteiger partial charge on any atom is -0.507 e. The Morgan fingerprint density at radius 3 is 2.73 bits per heavy atom. The van der Waals surface area contributed by atoms with Crippen molar-refractivity contribution in [3.05, 3.63) is 82.4 Å². The number of aromatic nitrogens is 1. The molecule has 6 rings (SSSR count). The lowest BCUT2D eigenvalue weighted by molar-refractivity contribution is -0.132. The summed E-state index contributed by atoms with van der Waals surface area (Å²) in [7, 11) is 0. The first kappa shape index (κ1) is 27.1. The number of thiazole rings is 1. The zero-order chi connectivity index (χ0) is 28.5. The number of aliphatic hydroxyl groups is 1. The van der Waals surface area contributed by atoms with Crippen molar-refractivity contribution in [2.24, 2.45) is 0 Å². The number of halogens is 1. The molecule has 1 amide bonds. The van der Waals surface area contributed by atoms with E-state index < -0.39 is 17.7 Å². The maximum Gasteiger partial charge on any atom is 0.301 e. The van der Waals surface area contributed by atoms with Gasteiger partial charge in [-0.05, 0) is 60.5 Å². The predicted molar refractivity (Wildman–Crippen MR) is 158 cm³/mol. The van der Waals surface area contributed by atoms with Gasteiger partial charge in [0.15, 0.2) is 16.6 Å². The SMILES string of the molecule is CCCCCOc1cccc([C@H]2/C(=C(\O)c3ccc4c(c3)OCCO4)C(=O)C(=O)N2c2nc3ccc(Cl)cc3s2)c1. The predicted octanol–water partition coefficient (Wildman–Crippen LogP) is 6.92. The van der Waals surface area contributed by atoms with Crippen LogP contribution in [0.25, 0.3) is 16.0 Å². The van der Waals surface area contributed by atoms with E-state index in [4.69, 9.17) is 25.8 Å². The van der Waals surface area contributed by atoms with Gasteiger partial charge < -0.3 is 19.3 Å². The Kier molecular flexibility index (Phi) is 7.55. The maximum absolute atomic E-state index is 13.6. The van der Waals surface area contributed by atoms with Crippen molar-refractivity contribution < 1.29 is 28.9 Å². The van der Waals surface area contributed by atoms with Crippen LogP contribution in [0.3, 0.4) is 0 Å². The van der Waals surface area contributed by atoms with Gasteiger partial charge in [-0.15, -0.1) is 0 Å². The number of Topliss-reactive ketones (excluding diaryl/α,β-unsaturated/α-hetero) is 1. The first-order valence-electron chi connectivity index (χ1n) is 13.4. The average Bonchev–Trinajstić information content (AvgIpc) is 3.52. The number of amides is 1. The van der Waals surface area contributed by atoms with E-state index >= 15 is 0 Å². The molecule has 10 heteroatoms. The molecule has 1 N–H and O–H groups in total. The number of carbonyl (C=O) groups excluding carboxylic acids is 2. The highest BCUT2D eigenvalue weighted by Crippen LogP contribution is 2.45. The van der Waals surface area contributed by atoms with Crippen LogP contribution in [0.1, 0.15) is 43.4 Å². The number of hydrogen-bond acceptors (Lipinski definition) is 8. The van der Waals surface area contributed by atoms with Gasteiger partial charge in [0.2, 0.25) is 0 Å². The molecule has 3 aromatic carbocycles. The molecule has 41 heavy (non-hydrogen) atoms. The molecule has 8 nitrogen and oxygen atoms in total. The van der Waals surface area contributed by atoms with E-state index in [1.807, 2.05) is 18.2 Å². The summed E-state index contributed by atoms with van der Waals surface area (Å²) in [6.07, 6.45) is 3.04. The second kappa shape index (κ2) is 11.4. The Bertz CT molecular complexity index is 1680. The molecule has 1 atom stereocenters. The molecule has 0 aliphatic carbocycles. The van der Waals surface area contributed by atoms with E-state index in [0.29, 0.717) is 63.9 Å². The van der Waals surface area contributed by atoms with Gasteiger partial charge in [0, 0.05) is 10.6 Å². The highest BCUT2D eigenvalue weighted by atomic mass is 35.5. The molecule has 0 radical (unpaired) electrons. The van der Waals surface area contributed by atoms with Crippen LogP contribution in [0.4, 0.5) is 5.13 Å². The molecule has 1 aromatic heterocycles. The topological polar surface area (TPSA) is 98.2 Å². The summed E-state index contributed by atoms with van der Waals surface area (Å²) in [5, 5.41) is 12.4. The first-order valence-corrected chi connectivity index (χ1v) is 14.6. The fraction of sp³-hybridized carbons (Fsp3) is 0.258. The van der Waals surface area contributed by atoms with Gasteiger partial charge in [-0.3, -0.25) is 14.5 Å². The second-order valence-corrected chi connectivity index (χ2v) is 11.2. The lowest BCUT2D eigenvalue weighted by Gasteiger charge is -2.24. The highest BCUT2D eigenvalue weighted by molar-refractivity contribution is 7.22. The van der Waals surface area contributed by atoms with Crippen LogP contribution in [0.2, 0.25) is 5.02 Å². The number of rotatable bonds is 8. The molecular formula is C31H27ClN2O6S. The van der Waals surface area contributed by atoms with Crippen molar-refractivity contribution in [3.63, 3.8) is 0 Å². The zero-order valence-electron chi connectivity index (χ0n) is 22.3. The first-order chi connectivity index (χ1) is 19.9. The summed E-state index contributed by atoms with van der Waals surface area (Å²) in [6.45, 7) is 3.47. The number of anilines is 1. The monoisotopic (exact) mass is 590 g/mol. The smallest absolute Gasteiger partial charge is 0.301 e. The van der Waals surface area contributed by atoms with E-state index in [1.165, 1.54) is 16.2 Å². The van der Waals surface area contributed by atoms with Crippen molar-refractivity contribution in [1.29, 1.82) is 0 Å². The number of unbranched alkanes of at least 4 members (excludes halogenated alkanes) is 2. The van der Waals surface area contributed by atoms with Gasteiger partial charge in [0.05, 0.1) is 28.4 Å². The standard InChI is InChI=1S/C31H27ClN2O6S/c1-2-3-4-12-38-21-7-5-6-18(15-21)27-26(28(35)19-8-11-23-24(16-19)40-14-13-39-23)29(36)30(37)34(27)31-33-22-10-9-20(32)17-25(22)41-31/h5-11,15-17,27,35H,2-4,12-14H2,1H3/b28-26+/t27-/m0/s1. The van der Waals surface area contributed by atoms with Crippen molar-refractivity contribution in [2.75, 3.05) is 24.7 Å². The molecule has 0 bridgehead atoms. The number of aliphatic hydroxyl groups excluding tert-OH is 1. The fourth-order valence-electron chi connectivity index (χ4n) is 5.00. The van der Waals surface area contributed by atoms with Crippen LogP contribution in [0.5, 0.6) is 17.2 Å². The van der Waals surface area contributed by atoms with Crippen LogP contribution < -0.4 is 19.1 Å². The number of carbonyl (C=O) groups is 2. The van der Waals surface area contributed by atoms with E-state index in [1.54, 1.807) is 42.5 Å². The van der Waals surface area contributed by atoms with E-state index in [9.17, 15) is 14.7 Å². The Morgan fingerprint density at radius 1 is 1.07 bits per heavy atom. The van der Waals surface area contributed by atoms with Crippen LogP contribution in [-0.4, -0.2) is 41.6 Å². The normalized spacial score (nSPS) is 17.8. The summed E-state index contributed by atoms with van der Waals surface area (Å²) < 4.78 is 18.0. The molecule has 2 aliphatic rings. The Labute approximate surface area is 245 Å². The Morgan fingerprint density at radius 2 is 1.90 bits per heavy atom. The van der Waals surface area contributed by atoms with E-state index in [0.717, 1.165) is 24.0 Å². The lowest BCUT2D eigenvalue weighted by Crippen LogP contribution is -2.29. The molecule has 0 spiro atoms. The average molecular weight is 591 g/mol. The molecule has 210 valence electrons. The number of ether oxygens (including phenoxy) is 3. The van der Waals surface area contributed by atoms with Crippen LogP contribution in [-0.2, 0) is 9.59 Å². The van der Waals surface area contributed by atoms with Crippen molar-refractivity contribution in [3.8, 4) is 17.2 Å². The summed E-state index contributed by atoms with van der Waals surface area (Å²) in [5.41, 5.74) is 1.54. The van der Waals surface area contributed by atoms with Gasteiger partial charge in [0.25, 0.3) is 5.78 Å². The van der Waals surface area contributed by atoms with Crippen LogP contribution in [0.15, 0.2) is 66.2 Å². The van der Waals surface area contributed by atoms with Gasteiger partial charge >= 0.3 is 5.91 Å². The van der Waals surface area contributed by atoms with Gasteiger partial charge in [-0.2, -0.15) is 0 Å². The van der Waals surface area contributed by atoms with Crippen molar-refractivity contribution in [1.82, 2.24) is 4.98 Å². The summed E-state index contributed by atoms with van der Waals surface area (Å²) in [6, 6.07) is 16.5. The third kappa shape index (κ3) is 5.23. The number of fused-ring (bicyclic) bond motifs is 2. The van der Waals surface area contributed by atoms with Crippen LogP contribution in [0, 0.1) is 0 Å².